The lowest BCUT2D eigenvalue weighted by Gasteiger charge is -2.26. The van der Waals surface area contributed by atoms with Crippen LogP contribution in [0.1, 0.15) is 11.1 Å². The minimum absolute atomic E-state index is 0.0343. The number of hydrogen-bond acceptors (Lipinski definition) is 4. The largest absolute Gasteiger partial charge is 0.416 e. The van der Waals surface area contributed by atoms with Crippen molar-refractivity contribution in [1.29, 1.82) is 0 Å². The topological polar surface area (TPSA) is 63.1 Å². The van der Waals surface area contributed by atoms with Crippen molar-refractivity contribution in [2.45, 2.75) is 12.4 Å². The van der Waals surface area contributed by atoms with E-state index < -0.39 is 29.0 Å². The minimum Gasteiger partial charge on any atom is -0.337 e. The Morgan fingerprint density at radius 3 is 2.14 bits per heavy atom. The molecule has 156 valence electrons. The number of alkyl halides is 6. The van der Waals surface area contributed by atoms with Crippen molar-refractivity contribution in [2.24, 2.45) is 0 Å². The zero-order valence-corrected chi connectivity index (χ0v) is 14.8. The molecule has 1 N–H and O–H groups in total. The Bertz CT molecular complexity index is 880. The van der Waals surface area contributed by atoms with Gasteiger partial charge in [0.2, 0.25) is 5.91 Å². The van der Waals surface area contributed by atoms with E-state index in [1.54, 1.807) is 4.90 Å². The summed E-state index contributed by atoms with van der Waals surface area (Å²) in [6.45, 7) is 2.36. The van der Waals surface area contributed by atoms with Crippen molar-refractivity contribution >= 4 is 12.1 Å². The first-order valence-electron chi connectivity index (χ1n) is 8.43. The number of benzene rings is 1. The highest BCUT2D eigenvalue weighted by atomic mass is 19.4. The number of rotatable bonds is 3. The highest BCUT2D eigenvalue weighted by Crippen LogP contribution is 2.38. The SMILES string of the molecule is O=C(C=Cn1cnc(-c2cc(C(F)(F)F)cc(C(F)(F)F)c2)n1)N1CCNCC1. The average Bonchev–Trinajstić information content (AvgIpc) is 3.14. The molecule has 0 unspecified atom stereocenters. The number of piperazine rings is 1. The Labute approximate surface area is 160 Å². The number of nitrogens with one attached hydrogen (secondary N) is 1. The van der Waals surface area contributed by atoms with E-state index in [0.717, 1.165) is 11.0 Å². The van der Waals surface area contributed by atoms with Gasteiger partial charge in [-0.05, 0) is 18.2 Å². The van der Waals surface area contributed by atoms with Gasteiger partial charge in [0.25, 0.3) is 0 Å². The van der Waals surface area contributed by atoms with Crippen LogP contribution in [0.2, 0.25) is 0 Å². The number of halogens is 6. The van der Waals surface area contributed by atoms with Gasteiger partial charge >= 0.3 is 12.4 Å². The number of carbonyl (C=O) groups is 1. The second-order valence-electron chi connectivity index (χ2n) is 6.23. The van der Waals surface area contributed by atoms with Crippen molar-refractivity contribution in [3.05, 3.63) is 41.7 Å². The maximum absolute atomic E-state index is 13.0. The van der Waals surface area contributed by atoms with E-state index >= 15 is 0 Å². The van der Waals surface area contributed by atoms with Crippen LogP contribution in [0.3, 0.4) is 0 Å². The Morgan fingerprint density at radius 1 is 1.00 bits per heavy atom. The normalized spacial score (nSPS) is 15.9. The molecule has 1 aromatic heterocycles. The summed E-state index contributed by atoms with van der Waals surface area (Å²) in [7, 11) is 0. The molecule has 29 heavy (non-hydrogen) atoms. The second-order valence-corrected chi connectivity index (χ2v) is 6.23. The molecule has 0 bridgehead atoms. The van der Waals surface area contributed by atoms with Gasteiger partial charge in [-0.25, -0.2) is 9.67 Å². The Hall–Kier alpha value is -2.89. The summed E-state index contributed by atoms with van der Waals surface area (Å²) >= 11 is 0. The van der Waals surface area contributed by atoms with Crippen LogP contribution >= 0.6 is 0 Å². The second kappa shape index (κ2) is 7.85. The van der Waals surface area contributed by atoms with Crippen LogP contribution in [-0.4, -0.2) is 51.8 Å². The van der Waals surface area contributed by atoms with Gasteiger partial charge in [0.1, 0.15) is 6.33 Å². The highest BCUT2D eigenvalue weighted by molar-refractivity contribution is 5.90. The molecule has 1 aliphatic rings. The summed E-state index contributed by atoms with van der Waals surface area (Å²) in [5.41, 5.74) is -3.35. The molecule has 1 saturated heterocycles. The Kier molecular flexibility index (Phi) is 5.64. The molecule has 2 heterocycles. The number of aromatic nitrogens is 3. The van der Waals surface area contributed by atoms with Crippen LogP contribution < -0.4 is 5.32 Å². The molecule has 12 heteroatoms. The first kappa shape index (κ1) is 20.8. The number of amides is 1. The van der Waals surface area contributed by atoms with Crippen LogP contribution in [-0.2, 0) is 17.1 Å². The van der Waals surface area contributed by atoms with E-state index in [4.69, 9.17) is 0 Å². The monoisotopic (exact) mass is 419 g/mol. The van der Waals surface area contributed by atoms with Gasteiger partial charge in [-0.2, -0.15) is 26.3 Å². The third kappa shape index (κ3) is 5.13. The molecule has 2 aromatic rings. The Morgan fingerprint density at radius 2 is 1.59 bits per heavy atom. The molecule has 0 saturated carbocycles. The molecular formula is C17H15F6N5O. The quantitative estimate of drug-likeness (QED) is 0.614. The van der Waals surface area contributed by atoms with Crippen LogP contribution in [0, 0.1) is 0 Å². The predicted molar refractivity (Wildman–Crippen MR) is 90.2 cm³/mol. The Balaban J connectivity index is 1.85. The van der Waals surface area contributed by atoms with Crippen LogP contribution in [0.25, 0.3) is 17.6 Å². The average molecular weight is 419 g/mol. The standard InChI is InChI=1S/C17H15F6N5O/c18-16(19,20)12-7-11(8-13(9-12)17(21,22)23)15-25-10-28(26-15)4-1-14(29)27-5-2-24-3-6-27/h1,4,7-10,24H,2-3,5-6H2. The number of carbonyl (C=O) groups excluding carboxylic acids is 1. The first-order valence-corrected chi connectivity index (χ1v) is 8.43. The summed E-state index contributed by atoms with van der Waals surface area (Å²) in [4.78, 5) is 17.4. The van der Waals surface area contributed by atoms with Crippen molar-refractivity contribution in [2.75, 3.05) is 26.2 Å². The summed E-state index contributed by atoms with van der Waals surface area (Å²) in [6.07, 6.45) is -6.40. The predicted octanol–water partition coefficient (Wildman–Crippen LogP) is 2.89. The fourth-order valence-electron chi connectivity index (χ4n) is 2.69. The maximum Gasteiger partial charge on any atom is 0.416 e. The zero-order chi connectivity index (χ0) is 21.2. The van der Waals surface area contributed by atoms with Gasteiger partial charge in [-0.3, -0.25) is 4.79 Å². The number of hydrogen-bond donors (Lipinski definition) is 1. The first-order chi connectivity index (χ1) is 13.5. The molecule has 1 aromatic carbocycles. The number of nitrogens with zero attached hydrogens (tertiary/aromatic N) is 4. The molecule has 0 aliphatic carbocycles. The molecule has 1 amide bonds. The fraction of sp³-hybridized carbons (Fsp3) is 0.353. The minimum atomic E-state index is -4.96. The van der Waals surface area contributed by atoms with Gasteiger partial charge in [0.05, 0.1) is 11.1 Å². The molecular weight excluding hydrogens is 404 g/mol. The third-order valence-electron chi connectivity index (χ3n) is 4.15. The van der Waals surface area contributed by atoms with Crippen LogP contribution in [0.5, 0.6) is 0 Å². The molecule has 6 nitrogen and oxygen atoms in total. The zero-order valence-electron chi connectivity index (χ0n) is 14.8. The van der Waals surface area contributed by atoms with Gasteiger partial charge in [-0.15, -0.1) is 5.10 Å². The van der Waals surface area contributed by atoms with Gasteiger partial charge in [0.15, 0.2) is 5.82 Å². The summed E-state index contributed by atoms with van der Waals surface area (Å²) in [5.74, 6) is -0.622. The molecule has 1 fully saturated rings. The molecule has 3 rings (SSSR count). The summed E-state index contributed by atoms with van der Waals surface area (Å²) in [6, 6.07) is 1.13. The van der Waals surface area contributed by atoms with E-state index in [0.29, 0.717) is 38.3 Å². The van der Waals surface area contributed by atoms with E-state index in [-0.39, 0.29) is 17.8 Å². The molecule has 0 spiro atoms. The molecule has 1 aliphatic heterocycles. The van der Waals surface area contributed by atoms with Crippen molar-refractivity contribution < 1.29 is 31.1 Å². The van der Waals surface area contributed by atoms with E-state index in [2.05, 4.69) is 15.4 Å². The van der Waals surface area contributed by atoms with Gasteiger partial charge < -0.3 is 10.2 Å². The van der Waals surface area contributed by atoms with Crippen LogP contribution in [0.4, 0.5) is 26.3 Å². The highest BCUT2D eigenvalue weighted by Gasteiger charge is 2.37. The smallest absolute Gasteiger partial charge is 0.337 e. The maximum atomic E-state index is 13.0. The summed E-state index contributed by atoms with van der Waals surface area (Å²) in [5, 5.41) is 6.93. The van der Waals surface area contributed by atoms with Gasteiger partial charge in [0, 0.05) is 44.0 Å². The molecule has 0 atom stereocenters. The van der Waals surface area contributed by atoms with E-state index in [1.165, 1.54) is 12.3 Å². The van der Waals surface area contributed by atoms with Crippen molar-refractivity contribution in [3.8, 4) is 11.4 Å². The summed E-state index contributed by atoms with van der Waals surface area (Å²) < 4.78 is 78.9. The lowest BCUT2D eigenvalue weighted by atomic mass is 10.0. The third-order valence-corrected chi connectivity index (χ3v) is 4.15. The van der Waals surface area contributed by atoms with Crippen LogP contribution in [0.15, 0.2) is 30.6 Å². The lowest BCUT2D eigenvalue weighted by molar-refractivity contribution is -0.143. The molecule has 0 radical (unpaired) electrons. The lowest BCUT2D eigenvalue weighted by Crippen LogP contribution is -2.45. The van der Waals surface area contributed by atoms with Crippen molar-refractivity contribution in [3.63, 3.8) is 0 Å². The van der Waals surface area contributed by atoms with E-state index in [9.17, 15) is 31.1 Å². The fourth-order valence-corrected chi connectivity index (χ4v) is 2.69. The van der Waals surface area contributed by atoms with E-state index in [1.807, 2.05) is 0 Å². The van der Waals surface area contributed by atoms with Gasteiger partial charge in [-0.1, -0.05) is 0 Å². The van der Waals surface area contributed by atoms with Crippen molar-refractivity contribution in [1.82, 2.24) is 25.0 Å².